The van der Waals surface area contributed by atoms with E-state index < -0.39 is 11.4 Å². The van der Waals surface area contributed by atoms with Gasteiger partial charge in [0, 0.05) is 18.1 Å². The van der Waals surface area contributed by atoms with Gasteiger partial charge in [0.2, 0.25) is 0 Å². The number of hydrogen-bond donors (Lipinski definition) is 2. The van der Waals surface area contributed by atoms with E-state index in [2.05, 4.69) is 5.32 Å². The number of carbonyl (C=O) groups excluding carboxylic acids is 1. The number of carbonyl (C=O) groups is 2. The highest BCUT2D eigenvalue weighted by Crippen LogP contribution is 2.29. The van der Waals surface area contributed by atoms with E-state index in [-0.39, 0.29) is 12.6 Å². The summed E-state index contributed by atoms with van der Waals surface area (Å²) in [6.45, 7) is 3.02. The molecule has 1 aromatic rings. The molecule has 22 heavy (non-hydrogen) atoms. The lowest BCUT2D eigenvalue weighted by Gasteiger charge is -2.20. The van der Waals surface area contributed by atoms with Gasteiger partial charge in [0.05, 0.1) is 12.0 Å². The van der Waals surface area contributed by atoms with Crippen LogP contribution in [-0.2, 0) is 4.79 Å². The minimum atomic E-state index is -0.867. The Kier molecular flexibility index (Phi) is 5.13. The van der Waals surface area contributed by atoms with Crippen molar-refractivity contribution in [2.24, 2.45) is 5.41 Å². The van der Waals surface area contributed by atoms with Crippen LogP contribution in [0.3, 0.4) is 0 Å². The van der Waals surface area contributed by atoms with Crippen LogP contribution in [-0.4, -0.2) is 48.2 Å². The fourth-order valence-electron chi connectivity index (χ4n) is 2.28. The van der Waals surface area contributed by atoms with Gasteiger partial charge in [0.1, 0.15) is 12.4 Å². The summed E-state index contributed by atoms with van der Waals surface area (Å²) in [6.07, 6.45) is 0.469. The quantitative estimate of drug-likeness (QED) is 0.813. The van der Waals surface area contributed by atoms with Crippen LogP contribution in [0.4, 0.5) is 4.79 Å². The molecule has 0 aromatic heterocycles. The van der Waals surface area contributed by atoms with Crippen LogP contribution in [0, 0.1) is 5.41 Å². The highest BCUT2D eigenvalue weighted by Gasteiger charge is 2.42. The Hall–Kier alpha value is -1.95. The number of aliphatic carboxylic acids is 1. The average Bonchev–Trinajstić information content (AvgIpc) is 2.89. The number of ether oxygens (including phenoxy) is 1. The molecule has 6 nitrogen and oxygen atoms in total. The monoisotopic (exact) mass is 326 g/mol. The summed E-state index contributed by atoms with van der Waals surface area (Å²) >= 11 is 5.77. The number of halogens is 1. The van der Waals surface area contributed by atoms with Crippen molar-refractivity contribution < 1.29 is 19.4 Å². The van der Waals surface area contributed by atoms with Gasteiger partial charge in [-0.25, -0.2) is 4.79 Å². The van der Waals surface area contributed by atoms with Gasteiger partial charge in [-0.1, -0.05) is 11.6 Å². The van der Waals surface area contributed by atoms with E-state index in [0.29, 0.717) is 36.9 Å². The maximum atomic E-state index is 12.0. The lowest BCUT2D eigenvalue weighted by atomic mass is 9.90. The molecule has 0 aliphatic carbocycles. The first-order valence-electron chi connectivity index (χ1n) is 7.05. The summed E-state index contributed by atoms with van der Waals surface area (Å²) in [7, 11) is 0. The van der Waals surface area contributed by atoms with E-state index in [1.807, 2.05) is 0 Å². The molecule has 0 radical (unpaired) electrons. The third-order valence-corrected chi connectivity index (χ3v) is 3.99. The number of nitrogens with zero attached hydrogens (tertiary/aromatic N) is 1. The number of hydrogen-bond acceptors (Lipinski definition) is 3. The normalized spacial score (nSPS) is 20.7. The van der Waals surface area contributed by atoms with Crippen LogP contribution in [0.25, 0.3) is 0 Å². The Labute approximate surface area is 134 Å². The van der Waals surface area contributed by atoms with Gasteiger partial charge in [0.25, 0.3) is 0 Å². The molecule has 1 aromatic carbocycles. The summed E-state index contributed by atoms with van der Waals surface area (Å²) in [6, 6.07) is 6.70. The number of rotatable bonds is 5. The highest BCUT2D eigenvalue weighted by atomic mass is 35.5. The first-order valence-corrected chi connectivity index (χ1v) is 7.43. The molecule has 2 rings (SSSR count). The van der Waals surface area contributed by atoms with E-state index in [0.717, 1.165) is 0 Å². The molecule has 1 atom stereocenters. The van der Waals surface area contributed by atoms with E-state index in [1.165, 1.54) is 4.90 Å². The molecule has 2 amide bonds. The summed E-state index contributed by atoms with van der Waals surface area (Å²) in [5, 5.41) is 12.5. The Balaban J connectivity index is 1.70. The van der Waals surface area contributed by atoms with Crippen molar-refractivity contribution in [3.8, 4) is 5.75 Å². The first kappa shape index (κ1) is 16.4. The number of urea groups is 1. The molecular weight excluding hydrogens is 308 g/mol. The number of amides is 2. The number of carboxylic acids is 1. The van der Waals surface area contributed by atoms with Crippen molar-refractivity contribution in [1.29, 1.82) is 0 Å². The second-order valence-electron chi connectivity index (χ2n) is 5.57. The van der Waals surface area contributed by atoms with Crippen molar-refractivity contribution in [2.75, 3.05) is 26.2 Å². The molecule has 7 heteroatoms. The molecule has 1 aliphatic rings. The summed E-state index contributed by atoms with van der Waals surface area (Å²) < 4.78 is 5.47. The maximum Gasteiger partial charge on any atom is 0.317 e. The van der Waals surface area contributed by atoms with Crippen LogP contribution in [0.1, 0.15) is 13.3 Å². The van der Waals surface area contributed by atoms with Crippen LogP contribution in [0.2, 0.25) is 5.02 Å². The van der Waals surface area contributed by atoms with Crippen molar-refractivity contribution in [2.45, 2.75) is 13.3 Å². The van der Waals surface area contributed by atoms with Gasteiger partial charge < -0.3 is 20.1 Å². The molecule has 1 heterocycles. The van der Waals surface area contributed by atoms with E-state index in [1.54, 1.807) is 31.2 Å². The molecule has 1 fully saturated rings. The fraction of sp³-hybridized carbons (Fsp3) is 0.467. The number of nitrogens with one attached hydrogen (secondary N) is 1. The largest absolute Gasteiger partial charge is 0.492 e. The van der Waals surface area contributed by atoms with Gasteiger partial charge in [-0.3, -0.25) is 4.79 Å². The Morgan fingerprint density at radius 3 is 2.68 bits per heavy atom. The Morgan fingerprint density at radius 2 is 2.09 bits per heavy atom. The zero-order valence-electron chi connectivity index (χ0n) is 12.3. The summed E-state index contributed by atoms with van der Waals surface area (Å²) in [4.78, 5) is 24.6. The highest BCUT2D eigenvalue weighted by molar-refractivity contribution is 6.30. The number of benzene rings is 1. The smallest absolute Gasteiger partial charge is 0.317 e. The molecule has 1 unspecified atom stereocenters. The van der Waals surface area contributed by atoms with E-state index in [9.17, 15) is 9.59 Å². The lowest BCUT2D eigenvalue weighted by molar-refractivity contribution is -0.147. The summed E-state index contributed by atoms with van der Waals surface area (Å²) in [5.74, 6) is -0.188. The van der Waals surface area contributed by atoms with Crippen molar-refractivity contribution in [3.05, 3.63) is 29.3 Å². The minimum absolute atomic E-state index is 0.228. The van der Waals surface area contributed by atoms with Crippen molar-refractivity contribution in [3.63, 3.8) is 0 Å². The predicted octanol–water partition coefficient (Wildman–Crippen LogP) is 2.22. The molecule has 2 N–H and O–H groups in total. The van der Waals surface area contributed by atoms with E-state index in [4.69, 9.17) is 21.4 Å². The van der Waals surface area contributed by atoms with Gasteiger partial charge >= 0.3 is 12.0 Å². The van der Waals surface area contributed by atoms with Crippen LogP contribution < -0.4 is 10.1 Å². The van der Waals surface area contributed by atoms with Crippen LogP contribution in [0.15, 0.2) is 24.3 Å². The zero-order valence-corrected chi connectivity index (χ0v) is 13.1. The van der Waals surface area contributed by atoms with Crippen molar-refractivity contribution in [1.82, 2.24) is 10.2 Å². The molecule has 0 saturated carbocycles. The lowest BCUT2D eigenvalue weighted by Crippen LogP contribution is -2.42. The third kappa shape index (κ3) is 4.04. The average molecular weight is 327 g/mol. The fourth-order valence-corrected chi connectivity index (χ4v) is 2.40. The standard InChI is InChI=1S/C15H19ClN2O4/c1-15(13(19)20)6-8-18(10-15)14(21)17-7-9-22-12-4-2-11(16)3-5-12/h2-5H,6-10H2,1H3,(H,17,21)(H,19,20). The first-order chi connectivity index (χ1) is 10.4. The number of carboxylic acid groups (broad SMARTS) is 1. The third-order valence-electron chi connectivity index (χ3n) is 3.74. The van der Waals surface area contributed by atoms with Gasteiger partial charge in [-0.15, -0.1) is 0 Å². The number of likely N-dealkylation sites (tertiary alicyclic amines) is 1. The second kappa shape index (κ2) is 6.87. The molecule has 1 aliphatic heterocycles. The van der Waals surface area contributed by atoms with Gasteiger partial charge in [-0.2, -0.15) is 0 Å². The van der Waals surface area contributed by atoms with Crippen LogP contribution in [0.5, 0.6) is 5.75 Å². The molecule has 120 valence electrons. The Morgan fingerprint density at radius 1 is 1.41 bits per heavy atom. The SMILES string of the molecule is CC1(C(=O)O)CCN(C(=O)NCCOc2ccc(Cl)cc2)C1. The summed E-state index contributed by atoms with van der Waals surface area (Å²) in [5.41, 5.74) is -0.850. The maximum absolute atomic E-state index is 12.0. The Bertz CT molecular complexity index is 549. The van der Waals surface area contributed by atoms with Gasteiger partial charge in [-0.05, 0) is 37.6 Å². The topological polar surface area (TPSA) is 78.9 Å². The van der Waals surface area contributed by atoms with Crippen LogP contribution >= 0.6 is 11.6 Å². The van der Waals surface area contributed by atoms with Gasteiger partial charge in [0.15, 0.2) is 0 Å². The molecular formula is C15H19ClN2O4. The second-order valence-corrected chi connectivity index (χ2v) is 6.01. The van der Waals surface area contributed by atoms with E-state index >= 15 is 0 Å². The minimum Gasteiger partial charge on any atom is -0.492 e. The molecule has 1 saturated heterocycles. The predicted molar refractivity (Wildman–Crippen MR) is 82.3 cm³/mol. The molecule has 0 bridgehead atoms. The van der Waals surface area contributed by atoms with Crippen molar-refractivity contribution >= 4 is 23.6 Å². The molecule has 0 spiro atoms. The zero-order chi connectivity index (χ0) is 16.2.